The lowest BCUT2D eigenvalue weighted by atomic mass is 10.6. The second-order valence-corrected chi connectivity index (χ2v) is 2.31. The van der Waals surface area contributed by atoms with Gasteiger partial charge in [-0.3, -0.25) is 10.2 Å². The summed E-state index contributed by atoms with van der Waals surface area (Å²) in [7, 11) is 1.35. The van der Waals surface area contributed by atoms with E-state index < -0.39 is 12.0 Å². The maximum absolute atomic E-state index is 11.0. The van der Waals surface area contributed by atoms with Crippen LogP contribution in [0.15, 0.2) is 25.0 Å². The fourth-order valence-electron chi connectivity index (χ4n) is 0.474. The first kappa shape index (κ1) is 11.2. The molecule has 72 valence electrons. The molecule has 0 aliphatic rings. The summed E-state index contributed by atoms with van der Waals surface area (Å²) in [5.41, 5.74) is 2.20. The maximum atomic E-state index is 11.0. The van der Waals surface area contributed by atoms with Gasteiger partial charge in [0, 0.05) is 7.05 Å². The van der Waals surface area contributed by atoms with Gasteiger partial charge >= 0.3 is 6.09 Å². The highest BCUT2D eigenvalue weighted by Crippen LogP contribution is 1.94. The molecule has 0 bridgehead atoms. The standard InChI is InChI=1S/C8H12N2O3/c1-5-7(11)9-10(4)8(12)13-6(2)3/h5H,1-2H2,3-4H3,(H,9,11). The summed E-state index contributed by atoms with van der Waals surface area (Å²) in [5.74, 6) is -0.231. The summed E-state index contributed by atoms with van der Waals surface area (Å²) in [5, 5.41) is 0.901. The van der Waals surface area contributed by atoms with Crippen LogP contribution in [0.5, 0.6) is 0 Å². The predicted octanol–water partition coefficient (Wildman–Crippen LogP) is 0.806. The van der Waals surface area contributed by atoms with Gasteiger partial charge in [0.05, 0.1) is 5.76 Å². The molecule has 0 aliphatic carbocycles. The van der Waals surface area contributed by atoms with Crippen molar-refractivity contribution in [1.29, 1.82) is 0 Å². The molecule has 0 fully saturated rings. The molecule has 0 spiro atoms. The number of nitrogens with zero attached hydrogens (tertiary/aromatic N) is 1. The zero-order chi connectivity index (χ0) is 10.4. The summed E-state index contributed by atoms with van der Waals surface area (Å²) in [6, 6.07) is 0. The summed E-state index contributed by atoms with van der Waals surface area (Å²) < 4.78 is 4.60. The van der Waals surface area contributed by atoms with E-state index in [2.05, 4.69) is 23.3 Å². The van der Waals surface area contributed by atoms with Crippen LogP contribution >= 0.6 is 0 Å². The first-order valence-electron chi connectivity index (χ1n) is 3.51. The Bertz CT molecular complexity index is 248. The largest absolute Gasteiger partial charge is 0.433 e. The molecule has 0 unspecified atom stereocenters. The summed E-state index contributed by atoms with van der Waals surface area (Å²) in [6.45, 7) is 8.13. The second-order valence-electron chi connectivity index (χ2n) is 2.31. The van der Waals surface area contributed by atoms with Crippen LogP contribution in [0, 0.1) is 0 Å². The number of allylic oxidation sites excluding steroid dienone is 1. The van der Waals surface area contributed by atoms with E-state index in [1.54, 1.807) is 0 Å². The van der Waals surface area contributed by atoms with Crippen LogP contribution in [0.25, 0.3) is 0 Å². The van der Waals surface area contributed by atoms with Gasteiger partial charge in [-0.2, -0.15) is 0 Å². The Morgan fingerprint density at radius 1 is 1.54 bits per heavy atom. The van der Waals surface area contributed by atoms with Gasteiger partial charge < -0.3 is 4.74 Å². The van der Waals surface area contributed by atoms with E-state index in [9.17, 15) is 9.59 Å². The maximum Gasteiger partial charge on any atom is 0.433 e. The zero-order valence-corrected chi connectivity index (χ0v) is 7.66. The van der Waals surface area contributed by atoms with Crippen molar-refractivity contribution in [3.63, 3.8) is 0 Å². The molecule has 0 saturated heterocycles. The Morgan fingerprint density at radius 3 is 2.46 bits per heavy atom. The third-order valence-electron chi connectivity index (χ3n) is 0.999. The molecule has 13 heavy (non-hydrogen) atoms. The van der Waals surface area contributed by atoms with Crippen LogP contribution < -0.4 is 5.43 Å². The summed E-state index contributed by atoms with van der Waals surface area (Å²) in [4.78, 5) is 21.7. The quantitative estimate of drug-likeness (QED) is 0.392. The Labute approximate surface area is 76.6 Å². The third kappa shape index (κ3) is 4.62. The van der Waals surface area contributed by atoms with Crippen LogP contribution in [0.2, 0.25) is 0 Å². The average molecular weight is 184 g/mol. The number of hydrogen-bond acceptors (Lipinski definition) is 3. The average Bonchev–Trinajstić information content (AvgIpc) is 2.02. The van der Waals surface area contributed by atoms with Crippen molar-refractivity contribution in [3.8, 4) is 0 Å². The van der Waals surface area contributed by atoms with E-state index in [-0.39, 0.29) is 5.76 Å². The van der Waals surface area contributed by atoms with Gasteiger partial charge in [-0.15, -0.1) is 0 Å². The molecule has 0 heterocycles. The minimum Gasteiger partial charge on any atom is -0.414 e. The molecule has 5 nitrogen and oxygen atoms in total. The van der Waals surface area contributed by atoms with Crippen molar-refractivity contribution in [2.24, 2.45) is 0 Å². The summed E-state index contributed by atoms with van der Waals surface area (Å²) in [6.07, 6.45) is 0.340. The number of carbonyl (C=O) groups excluding carboxylic acids is 2. The molecule has 0 atom stereocenters. The molecular formula is C8H12N2O3. The lowest BCUT2D eigenvalue weighted by molar-refractivity contribution is -0.120. The first-order chi connectivity index (χ1) is 5.97. The number of nitrogens with one attached hydrogen (secondary N) is 1. The number of rotatable bonds is 2. The van der Waals surface area contributed by atoms with Crippen LogP contribution in [-0.2, 0) is 9.53 Å². The first-order valence-corrected chi connectivity index (χ1v) is 3.51. The predicted molar refractivity (Wildman–Crippen MR) is 47.4 cm³/mol. The topological polar surface area (TPSA) is 58.6 Å². The van der Waals surface area contributed by atoms with E-state index in [1.807, 2.05) is 0 Å². The highest BCUT2D eigenvalue weighted by Gasteiger charge is 2.11. The Kier molecular flexibility index (Phi) is 4.29. The zero-order valence-electron chi connectivity index (χ0n) is 7.66. The fraction of sp³-hybridized carbons (Fsp3) is 0.250. The van der Waals surface area contributed by atoms with Crippen LogP contribution in [0.3, 0.4) is 0 Å². The van der Waals surface area contributed by atoms with Gasteiger partial charge in [-0.05, 0) is 13.0 Å². The Hall–Kier alpha value is -1.78. The lowest BCUT2D eigenvalue weighted by Gasteiger charge is -2.16. The van der Waals surface area contributed by atoms with E-state index in [0.29, 0.717) is 0 Å². The van der Waals surface area contributed by atoms with Crippen molar-refractivity contribution in [2.75, 3.05) is 7.05 Å². The number of ether oxygens (including phenoxy) is 1. The normalized spacial score (nSPS) is 8.46. The minimum atomic E-state index is -0.706. The van der Waals surface area contributed by atoms with Crippen LogP contribution in [-0.4, -0.2) is 24.1 Å². The second kappa shape index (κ2) is 4.97. The molecule has 1 N–H and O–H groups in total. The minimum absolute atomic E-state index is 0.254. The highest BCUT2D eigenvalue weighted by atomic mass is 16.6. The molecule has 0 rings (SSSR count). The van der Waals surface area contributed by atoms with Crippen molar-refractivity contribution < 1.29 is 14.3 Å². The summed E-state index contributed by atoms with van der Waals surface area (Å²) >= 11 is 0. The number of hydrogen-bond donors (Lipinski definition) is 1. The van der Waals surface area contributed by atoms with Crippen molar-refractivity contribution in [3.05, 3.63) is 25.0 Å². The number of amides is 2. The third-order valence-corrected chi connectivity index (χ3v) is 0.999. The highest BCUT2D eigenvalue weighted by molar-refractivity contribution is 5.88. The van der Waals surface area contributed by atoms with E-state index in [1.165, 1.54) is 14.0 Å². The SMILES string of the molecule is C=CC(=O)NN(C)C(=O)OC(=C)C. The van der Waals surface area contributed by atoms with Crippen molar-refractivity contribution in [1.82, 2.24) is 10.4 Å². The molecule has 5 heteroatoms. The molecule has 0 aliphatic heterocycles. The molecule has 0 aromatic rings. The molecule has 0 saturated carbocycles. The molecular weight excluding hydrogens is 172 g/mol. The molecule has 0 aromatic carbocycles. The van der Waals surface area contributed by atoms with Gasteiger partial charge in [-0.25, -0.2) is 9.80 Å². The van der Waals surface area contributed by atoms with Crippen molar-refractivity contribution >= 4 is 12.0 Å². The van der Waals surface area contributed by atoms with Crippen LogP contribution in [0.4, 0.5) is 4.79 Å². The Morgan fingerprint density at radius 2 is 2.08 bits per heavy atom. The van der Waals surface area contributed by atoms with E-state index in [0.717, 1.165) is 11.1 Å². The van der Waals surface area contributed by atoms with Gasteiger partial charge in [0.25, 0.3) is 5.91 Å². The smallest absolute Gasteiger partial charge is 0.414 e. The monoisotopic (exact) mass is 184 g/mol. The van der Waals surface area contributed by atoms with Gasteiger partial charge in [0.15, 0.2) is 0 Å². The molecule has 2 amide bonds. The van der Waals surface area contributed by atoms with Gasteiger partial charge in [0.2, 0.25) is 0 Å². The van der Waals surface area contributed by atoms with Gasteiger partial charge in [0.1, 0.15) is 0 Å². The Balaban J connectivity index is 4.03. The van der Waals surface area contributed by atoms with E-state index in [4.69, 9.17) is 0 Å². The number of hydrazine groups is 1. The lowest BCUT2D eigenvalue weighted by Crippen LogP contribution is -2.42. The molecule has 0 aromatic heterocycles. The van der Waals surface area contributed by atoms with Crippen LogP contribution in [0.1, 0.15) is 6.92 Å². The van der Waals surface area contributed by atoms with Gasteiger partial charge in [-0.1, -0.05) is 13.2 Å². The fourth-order valence-corrected chi connectivity index (χ4v) is 0.474. The number of carbonyl (C=O) groups is 2. The van der Waals surface area contributed by atoms with Crippen molar-refractivity contribution in [2.45, 2.75) is 6.92 Å². The molecule has 0 radical (unpaired) electrons. The van der Waals surface area contributed by atoms with E-state index >= 15 is 0 Å².